The minimum atomic E-state index is -0.363. The SMILES string of the molecule is CCOC(=O)c1nn(C)cc1[C@H]1[C@H](N)C1(C)C. The maximum Gasteiger partial charge on any atom is 0.359 e. The lowest BCUT2D eigenvalue weighted by Gasteiger charge is -2.03. The van der Waals surface area contributed by atoms with Crippen LogP contribution >= 0.6 is 0 Å². The zero-order valence-corrected chi connectivity index (χ0v) is 10.7. The van der Waals surface area contributed by atoms with Crippen LogP contribution in [0.25, 0.3) is 0 Å². The van der Waals surface area contributed by atoms with Crippen LogP contribution in [0.2, 0.25) is 0 Å². The van der Waals surface area contributed by atoms with Crippen molar-refractivity contribution in [2.24, 2.45) is 18.2 Å². The van der Waals surface area contributed by atoms with Gasteiger partial charge < -0.3 is 10.5 Å². The Labute approximate surface area is 101 Å². The van der Waals surface area contributed by atoms with Gasteiger partial charge >= 0.3 is 5.97 Å². The van der Waals surface area contributed by atoms with Crippen molar-refractivity contribution in [2.45, 2.75) is 32.7 Å². The number of esters is 1. The van der Waals surface area contributed by atoms with Crippen LogP contribution in [0.1, 0.15) is 42.7 Å². The molecule has 1 aromatic heterocycles. The highest BCUT2D eigenvalue weighted by Crippen LogP contribution is 2.57. The van der Waals surface area contributed by atoms with Gasteiger partial charge in [-0.3, -0.25) is 4.68 Å². The summed E-state index contributed by atoms with van der Waals surface area (Å²) in [4.78, 5) is 11.8. The summed E-state index contributed by atoms with van der Waals surface area (Å²) in [6.07, 6.45) is 1.87. The lowest BCUT2D eigenvalue weighted by atomic mass is 10.0. The Kier molecular flexibility index (Phi) is 2.73. The Bertz CT molecular complexity index is 451. The Morgan fingerprint density at radius 2 is 2.24 bits per heavy atom. The van der Waals surface area contributed by atoms with Crippen molar-refractivity contribution < 1.29 is 9.53 Å². The molecular weight excluding hydrogens is 218 g/mol. The standard InChI is InChI=1S/C12H19N3O2/c1-5-17-11(16)9-7(6-15(4)14-9)8-10(13)12(8,2)3/h6,8,10H,5,13H2,1-4H3/t8-,10-/m0/s1. The maximum atomic E-state index is 11.8. The van der Waals surface area contributed by atoms with Crippen LogP contribution in [0.3, 0.4) is 0 Å². The first kappa shape index (κ1) is 12.1. The number of rotatable bonds is 3. The normalized spacial score (nSPS) is 25.7. The van der Waals surface area contributed by atoms with Gasteiger partial charge in [0.2, 0.25) is 0 Å². The van der Waals surface area contributed by atoms with Gasteiger partial charge in [0.25, 0.3) is 0 Å². The molecule has 0 radical (unpaired) electrons. The summed E-state index contributed by atoms with van der Waals surface area (Å²) in [6.45, 7) is 6.34. The van der Waals surface area contributed by atoms with E-state index in [9.17, 15) is 4.79 Å². The van der Waals surface area contributed by atoms with Crippen LogP contribution in [0.15, 0.2) is 6.20 Å². The van der Waals surface area contributed by atoms with E-state index in [1.54, 1.807) is 18.7 Å². The smallest absolute Gasteiger partial charge is 0.359 e. The Hall–Kier alpha value is -1.36. The molecule has 0 aromatic carbocycles. The monoisotopic (exact) mass is 237 g/mol. The Morgan fingerprint density at radius 1 is 1.65 bits per heavy atom. The average molecular weight is 237 g/mol. The van der Waals surface area contributed by atoms with Gasteiger partial charge in [-0.2, -0.15) is 5.10 Å². The molecule has 5 heteroatoms. The molecule has 1 saturated carbocycles. The van der Waals surface area contributed by atoms with E-state index in [0.717, 1.165) is 5.56 Å². The second-order valence-electron chi connectivity index (χ2n) is 5.15. The van der Waals surface area contributed by atoms with E-state index in [2.05, 4.69) is 18.9 Å². The van der Waals surface area contributed by atoms with E-state index in [1.807, 2.05) is 6.20 Å². The molecule has 1 heterocycles. The molecule has 0 spiro atoms. The van der Waals surface area contributed by atoms with Crippen LogP contribution < -0.4 is 5.73 Å². The number of aryl methyl sites for hydroxylation is 1. The molecule has 0 unspecified atom stereocenters. The maximum absolute atomic E-state index is 11.8. The summed E-state index contributed by atoms with van der Waals surface area (Å²) < 4.78 is 6.65. The third-order valence-corrected chi connectivity index (χ3v) is 3.57. The van der Waals surface area contributed by atoms with E-state index in [4.69, 9.17) is 10.5 Å². The van der Waals surface area contributed by atoms with Crippen molar-refractivity contribution in [1.29, 1.82) is 0 Å². The molecule has 2 atom stereocenters. The molecule has 94 valence electrons. The number of nitrogens with two attached hydrogens (primary N) is 1. The van der Waals surface area contributed by atoms with Crippen LogP contribution in [0.4, 0.5) is 0 Å². The number of carbonyl (C=O) groups excluding carboxylic acids is 1. The highest BCUT2D eigenvalue weighted by molar-refractivity contribution is 5.89. The molecule has 1 aromatic rings. The number of carbonyl (C=O) groups is 1. The Balaban J connectivity index is 2.33. The first-order valence-electron chi connectivity index (χ1n) is 5.85. The fourth-order valence-electron chi connectivity index (χ4n) is 2.36. The van der Waals surface area contributed by atoms with E-state index in [1.165, 1.54) is 0 Å². The van der Waals surface area contributed by atoms with E-state index in [-0.39, 0.29) is 23.3 Å². The molecular formula is C12H19N3O2. The fourth-order valence-corrected chi connectivity index (χ4v) is 2.36. The van der Waals surface area contributed by atoms with Gasteiger partial charge in [-0.05, 0) is 12.3 Å². The van der Waals surface area contributed by atoms with Crippen molar-refractivity contribution in [3.8, 4) is 0 Å². The molecule has 0 amide bonds. The molecule has 0 saturated heterocycles. The molecule has 1 aliphatic rings. The molecule has 2 rings (SSSR count). The van der Waals surface area contributed by atoms with Crippen LogP contribution in [-0.4, -0.2) is 28.4 Å². The number of nitrogens with zero attached hydrogens (tertiary/aromatic N) is 2. The quantitative estimate of drug-likeness (QED) is 0.798. The largest absolute Gasteiger partial charge is 0.461 e. The predicted octanol–water partition coefficient (Wildman–Crippen LogP) is 1.05. The first-order valence-corrected chi connectivity index (χ1v) is 5.85. The Morgan fingerprint density at radius 3 is 2.71 bits per heavy atom. The van der Waals surface area contributed by atoms with Gasteiger partial charge in [-0.15, -0.1) is 0 Å². The van der Waals surface area contributed by atoms with Gasteiger partial charge in [0.05, 0.1) is 6.61 Å². The third-order valence-electron chi connectivity index (χ3n) is 3.57. The topological polar surface area (TPSA) is 70.1 Å². The molecule has 0 bridgehead atoms. The summed E-state index contributed by atoms with van der Waals surface area (Å²) in [7, 11) is 1.80. The van der Waals surface area contributed by atoms with E-state index in [0.29, 0.717) is 12.3 Å². The van der Waals surface area contributed by atoms with Crippen molar-refractivity contribution >= 4 is 5.97 Å². The second kappa shape index (κ2) is 3.84. The van der Waals surface area contributed by atoms with Gasteiger partial charge in [-0.25, -0.2) is 4.79 Å². The molecule has 2 N–H and O–H groups in total. The highest BCUT2D eigenvalue weighted by atomic mass is 16.5. The van der Waals surface area contributed by atoms with Crippen LogP contribution in [-0.2, 0) is 11.8 Å². The molecule has 1 fully saturated rings. The first-order chi connectivity index (χ1) is 7.89. The third kappa shape index (κ3) is 1.84. The second-order valence-corrected chi connectivity index (χ2v) is 5.15. The van der Waals surface area contributed by atoms with Crippen molar-refractivity contribution in [3.05, 3.63) is 17.5 Å². The summed E-state index contributed by atoms with van der Waals surface area (Å²) in [5.74, 6) is -0.173. The fraction of sp³-hybridized carbons (Fsp3) is 0.667. The summed E-state index contributed by atoms with van der Waals surface area (Å²) in [5.41, 5.74) is 7.38. The van der Waals surface area contributed by atoms with Crippen LogP contribution in [0.5, 0.6) is 0 Å². The lowest BCUT2D eigenvalue weighted by Crippen LogP contribution is -2.09. The van der Waals surface area contributed by atoms with Crippen molar-refractivity contribution in [2.75, 3.05) is 6.61 Å². The molecule has 1 aliphatic carbocycles. The van der Waals surface area contributed by atoms with Crippen molar-refractivity contribution in [3.63, 3.8) is 0 Å². The van der Waals surface area contributed by atoms with Crippen LogP contribution in [0, 0.1) is 5.41 Å². The van der Waals surface area contributed by atoms with E-state index >= 15 is 0 Å². The minimum absolute atomic E-state index is 0.0320. The minimum Gasteiger partial charge on any atom is -0.461 e. The number of hydrogen-bond acceptors (Lipinski definition) is 4. The number of aromatic nitrogens is 2. The highest BCUT2D eigenvalue weighted by Gasteiger charge is 2.57. The molecule has 0 aliphatic heterocycles. The molecule has 5 nitrogen and oxygen atoms in total. The lowest BCUT2D eigenvalue weighted by molar-refractivity contribution is 0.0517. The van der Waals surface area contributed by atoms with Crippen molar-refractivity contribution in [1.82, 2.24) is 9.78 Å². The van der Waals surface area contributed by atoms with Gasteiger partial charge in [-0.1, -0.05) is 13.8 Å². The summed E-state index contributed by atoms with van der Waals surface area (Å²) in [5, 5.41) is 4.18. The van der Waals surface area contributed by atoms with Gasteiger partial charge in [0.1, 0.15) is 0 Å². The summed E-state index contributed by atoms with van der Waals surface area (Å²) in [6, 6.07) is 0.0832. The average Bonchev–Trinajstić information content (AvgIpc) is 2.59. The number of ether oxygens (including phenoxy) is 1. The zero-order valence-electron chi connectivity index (χ0n) is 10.7. The predicted molar refractivity (Wildman–Crippen MR) is 63.7 cm³/mol. The number of hydrogen-bond donors (Lipinski definition) is 1. The van der Waals surface area contributed by atoms with Gasteiger partial charge in [0.15, 0.2) is 5.69 Å². The summed E-state index contributed by atoms with van der Waals surface area (Å²) >= 11 is 0. The zero-order chi connectivity index (χ0) is 12.8. The van der Waals surface area contributed by atoms with E-state index < -0.39 is 0 Å². The van der Waals surface area contributed by atoms with Gasteiger partial charge in [0, 0.05) is 30.8 Å². The molecule has 17 heavy (non-hydrogen) atoms.